The van der Waals surface area contributed by atoms with E-state index in [1.807, 2.05) is 60.7 Å². The molecular formula is C20H20NOP. The van der Waals surface area contributed by atoms with Crippen LogP contribution in [0.4, 0.5) is 0 Å². The van der Waals surface area contributed by atoms with Gasteiger partial charge in [-0.15, -0.1) is 0 Å². The van der Waals surface area contributed by atoms with Gasteiger partial charge in [-0.3, -0.25) is 4.98 Å². The van der Waals surface area contributed by atoms with Gasteiger partial charge in [0.25, 0.3) is 0 Å². The molecule has 1 unspecified atom stereocenters. The van der Waals surface area contributed by atoms with E-state index in [-0.39, 0.29) is 0 Å². The van der Waals surface area contributed by atoms with Gasteiger partial charge in [-0.1, -0.05) is 60.7 Å². The molecule has 23 heavy (non-hydrogen) atoms. The molecule has 1 atom stereocenters. The van der Waals surface area contributed by atoms with E-state index in [1.165, 1.54) is 5.56 Å². The van der Waals surface area contributed by atoms with Crippen molar-refractivity contribution in [3.05, 3.63) is 96.3 Å². The highest BCUT2D eigenvalue weighted by Gasteiger charge is 2.24. The molecule has 0 amide bonds. The lowest BCUT2D eigenvalue weighted by atomic mass is 10.2. The van der Waals surface area contributed by atoms with Gasteiger partial charge in [-0.25, -0.2) is 0 Å². The van der Waals surface area contributed by atoms with Crippen LogP contribution in [0.25, 0.3) is 0 Å². The van der Waals surface area contributed by atoms with Crippen LogP contribution >= 0.6 is 7.14 Å². The van der Waals surface area contributed by atoms with Gasteiger partial charge in [0.15, 0.2) is 0 Å². The molecular weight excluding hydrogens is 301 g/mol. The van der Waals surface area contributed by atoms with Crippen molar-refractivity contribution in [2.75, 3.05) is 6.16 Å². The summed E-state index contributed by atoms with van der Waals surface area (Å²) in [5.41, 5.74) is 2.32. The molecule has 0 fully saturated rings. The Morgan fingerprint density at radius 3 is 2.00 bits per heavy atom. The monoisotopic (exact) mass is 321 g/mol. The molecule has 0 aliphatic rings. The van der Waals surface area contributed by atoms with Crippen LogP contribution in [-0.4, -0.2) is 11.1 Å². The standard InChI is InChI=1S/C20H20NOP/c22-23(20-9-5-2-6-10-20,17-19-7-3-1-4-8-19)16-13-18-11-14-21-15-12-18/h1-12,14-15H,13,16-17H2. The Bertz CT molecular complexity index is 773. The zero-order valence-corrected chi connectivity index (χ0v) is 13.9. The Kier molecular flexibility index (Phi) is 5.05. The van der Waals surface area contributed by atoms with Crippen molar-refractivity contribution >= 4 is 12.4 Å². The summed E-state index contributed by atoms with van der Waals surface area (Å²) >= 11 is 0. The highest BCUT2D eigenvalue weighted by atomic mass is 31.2. The summed E-state index contributed by atoms with van der Waals surface area (Å²) < 4.78 is 13.7. The van der Waals surface area contributed by atoms with E-state index < -0.39 is 7.14 Å². The molecule has 3 heteroatoms. The Morgan fingerprint density at radius 1 is 0.739 bits per heavy atom. The van der Waals surface area contributed by atoms with Crippen molar-refractivity contribution in [2.45, 2.75) is 12.6 Å². The molecule has 3 aromatic rings. The van der Waals surface area contributed by atoms with E-state index in [0.717, 1.165) is 17.3 Å². The van der Waals surface area contributed by atoms with Crippen LogP contribution in [0.3, 0.4) is 0 Å². The van der Waals surface area contributed by atoms with Gasteiger partial charge >= 0.3 is 0 Å². The van der Waals surface area contributed by atoms with Crippen molar-refractivity contribution in [3.63, 3.8) is 0 Å². The van der Waals surface area contributed by atoms with Gasteiger partial charge in [0.05, 0.1) is 0 Å². The van der Waals surface area contributed by atoms with E-state index in [0.29, 0.717) is 12.3 Å². The van der Waals surface area contributed by atoms with E-state index in [1.54, 1.807) is 12.4 Å². The van der Waals surface area contributed by atoms with Crippen molar-refractivity contribution in [3.8, 4) is 0 Å². The fourth-order valence-electron chi connectivity index (χ4n) is 2.74. The smallest absolute Gasteiger partial charge is 0.120 e. The maximum absolute atomic E-state index is 13.7. The number of aryl methyl sites for hydroxylation is 1. The van der Waals surface area contributed by atoms with Gasteiger partial charge < -0.3 is 4.57 Å². The van der Waals surface area contributed by atoms with Crippen LogP contribution in [-0.2, 0) is 17.1 Å². The lowest BCUT2D eigenvalue weighted by Crippen LogP contribution is -2.11. The van der Waals surface area contributed by atoms with Crippen molar-refractivity contribution in [1.29, 1.82) is 0 Å². The average molecular weight is 321 g/mol. The normalized spacial score (nSPS) is 13.4. The van der Waals surface area contributed by atoms with Crippen LogP contribution in [0.5, 0.6) is 0 Å². The summed E-state index contributed by atoms with van der Waals surface area (Å²) in [6.07, 6.45) is 5.68. The molecule has 3 rings (SSSR count). The molecule has 0 saturated carbocycles. The van der Waals surface area contributed by atoms with Gasteiger partial charge in [0, 0.05) is 30.0 Å². The minimum Gasteiger partial charge on any atom is -0.318 e. The fourth-order valence-corrected chi connectivity index (χ4v) is 5.47. The Labute approximate surface area is 137 Å². The molecule has 1 heterocycles. The largest absolute Gasteiger partial charge is 0.318 e. The average Bonchev–Trinajstić information content (AvgIpc) is 2.63. The topological polar surface area (TPSA) is 30.0 Å². The second kappa shape index (κ2) is 7.39. The highest BCUT2D eigenvalue weighted by Crippen LogP contribution is 2.48. The predicted octanol–water partition coefficient (Wildman–Crippen LogP) is 4.51. The van der Waals surface area contributed by atoms with Gasteiger partial charge in [0.2, 0.25) is 0 Å². The molecule has 0 radical (unpaired) electrons. The van der Waals surface area contributed by atoms with Crippen molar-refractivity contribution < 1.29 is 4.57 Å². The van der Waals surface area contributed by atoms with E-state index in [9.17, 15) is 4.57 Å². The Morgan fingerprint density at radius 2 is 1.35 bits per heavy atom. The maximum atomic E-state index is 13.7. The summed E-state index contributed by atoms with van der Waals surface area (Å²) in [7, 11) is -2.48. The van der Waals surface area contributed by atoms with Crippen LogP contribution in [0.1, 0.15) is 11.1 Å². The first-order valence-corrected chi connectivity index (χ1v) is 9.90. The van der Waals surface area contributed by atoms with E-state index in [4.69, 9.17) is 0 Å². The minimum atomic E-state index is -2.48. The first-order valence-electron chi connectivity index (χ1n) is 7.83. The number of hydrogen-bond acceptors (Lipinski definition) is 2. The minimum absolute atomic E-state index is 0.614. The number of hydrogen-bond donors (Lipinski definition) is 0. The third kappa shape index (κ3) is 4.18. The SMILES string of the molecule is O=P(CCc1ccncc1)(Cc1ccccc1)c1ccccc1. The molecule has 0 aliphatic carbocycles. The summed E-state index contributed by atoms with van der Waals surface area (Å²) in [6, 6.07) is 24.0. The highest BCUT2D eigenvalue weighted by molar-refractivity contribution is 7.70. The summed E-state index contributed by atoms with van der Waals surface area (Å²) in [6.45, 7) is 0. The molecule has 0 aliphatic heterocycles. The number of pyridine rings is 1. The first-order chi connectivity index (χ1) is 11.3. The predicted molar refractivity (Wildman–Crippen MR) is 96.6 cm³/mol. The lowest BCUT2D eigenvalue weighted by Gasteiger charge is -2.19. The number of rotatable bonds is 6. The molecule has 2 nitrogen and oxygen atoms in total. The van der Waals surface area contributed by atoms with Crippen LogP contribution in [0, 0.1) is 0 Å². The first kappa shape index (κ1) is 15.7. The molecule has 0 saturated heterocycles. The molecule has 116 valence electrons. The Balaban J connectivity index is 1.86. The van der Waals surface area contributed by atoms with Gasteiger partial charge in [0.1, 0.15) is 7.14 Å². The fraction of sp³-hybridized carbons (Fsp3) is 0.150. The number of benzene rings is 2. The maximum Gasteiger partial charge on any atom is 0.120 e. The molecule has 2 aromatic carbocycles. The summed E-state index contributed by atoms with van der Waals surface area (Å²) in [4.78, 5) is 4.05. The third-order valence-electron chi connectivity index (χ3n) is 4.02. The number of nitrogens with zero attached hydrogens (tertiary/aromatic N) is 1. The second-order valence-electron chi connectivity index (χ2n) is 5.70. The van der Waals surface area contributed by atoms with E-state index >= 15 is 0 Å². The van der Waals surface area contributed by atoms with Crippen LogP contribution in [0.2, 0.25) is 0 Å². The zero-order chi connectivity index (χ0) is 16.0. The molecule has 0 bridgehead atoms. The van der Waals surface area contributed by atoms with Crippen molar-refractivity contribution in [1.82, 2.24) is 4.98 Å². The lowest BCUT2D eigenvalue weighted by molar-refractivity contribution is 0.580. The van der Waals surface area contributed by atoms with Crippen LogP contribution < -0.4 is 5.30 Å². The van der Waals surface area contributed by atoms with Crippen LogP contribution in [0.15, 0.2) is 85.2 Å². The van der Waals surface area contributed by atoms with Crippen molar-refractivity contribution in [2.24, 2.45) is 0 Å². The van der Waals surface area contributed by atoms with Gasteiger partial charge in [-0.2, -0.15) is 0 Å². The quantitative estimate of drug-likeness (QED) is 0.625. The third-order valence-corrected chi connectivity index (χ3v) is 7.08. The number of aromatic nitrogens is 1. The van der Waals surface area contributed by atoms with E-state index in [2.05, 4.69) is 17.1 Å². The Hall–Kier alpha value is -2.18. The summed E-state index contributed by atoms with van der Waals surface area (Å²) in [5.74, 6) is 0. The van der Waals surface area contributed by atoms with Gasteiger partial charge in [-0.05, 0) is 29.7 Å². The summed E-state index contributed by atoms with van der Waals surface area (Å²) in [5, 5.41) is 0.970. The zero-order valence-electron chi connectivity index (χ0n) is 13.0. The molecule has 0 N–H and O–H groups in total. The molecule has 0 spiro atoms. The second-order valence-corrected chi connectivity index (χ2v) is 8.76. The molecule has 1 aromatic heterocycles.